The van der Waals surface area contributed by atoms with Crippen LogP contribution >= 0.6 is 0 Å². The van der Waals surface area contributed by atoms with Gasteiger partial charge in [-0.2, -0.15) is 0 Å². The first-order valence-corrected chi connectivity index (χ1v) is 12.0. The first kappa shape index (κ1) is 21.5. The smallest absolute Gasteiger partial charge is 0.223 e. The lowest BCUT2D eigenvalue weighted by atomic mass is 9.94. The van der Waals surface area contributed by atoms with E-state index in [9.17, 15) is 13.2 Å². The summed E-state index contributed by atoms with van der Waals surface area (Å²) < 4.78 is 23.2. The van der Waals surface area contributed by atoms with Gasteiger partial charge in [0, 0.05) is 18.7 Å². The van der Waals surface area contributed by atoms with Gasteiger partial charge in [-0.25, -0.2) is 8.42 Å². The Kier molecular flexibility index (Phi) is 6.75. The second-order valence-corrected chi connectivity index (χ2v) is 10.1. The van der Waals surface area contributed by atoms with Gasteiger partial charge in [0.1, 0.15) is 0 Å². The summed E-state index contributed by atoms with van der Waals surface area (Å²) in [6.07, 6.45) is 2.91. The number of amides is 1. The molecule has 2 aromatic carbocycles. The number of piperidine rings is 1. The molecule has 1 atom stereocenters. The van der Waals surface area contributed by atoms with Gasteiger partial charge in [-0.05, 0) is 68.6 Å². The molecule has 0 spiro atoms. The van der Waals surface area contributed by atoms with E-state index >= 15 is 0 Å². The van der Waals surface area contributed by atoms with Crippen molar-refractivity contribution in [3.05, 3.63) is 65.2 Å². The highest BCUT2D eigenvalue weighted by Crippen LogP contribution is 2.22. The zero-order valence-electron chi connectivity index (χ0n) is 17.4. The molecular formula is C23H30N2O3S. The standard InChI is InChI=1S/C23H30N2O3S/c1-17-6-4-5-7-21(17)16-25-14-12-20(13-15-25)23(26)24-18(2)19-8-10-22(11-9-19)29(3,27)28/h4-11,18,20H,12-16H2,1-3H3,(H,24,26)/t18-/m1/s1. The van der Waals surface area contributed by atoms with Crippen LogP contribution in [0.5, 0.6) is 0 Å². The average molecular weight is 415 g/mol. The number of carbonyl (C=O) groups excluding carboxylic acids is 1. The molecule has 0 unspecified atom stereocenters. The Morgan fingerprint density at radius 1 is 1.10 bits per heavy atom. The predicted molar refractivity (Wildman–Crippen MR) is 115 cm³/mol. The minimum Gasteiger partial charge on any atom is -0.349 e. The van der Waals surface area contributed by atoms with Crippen molar-refractivity contribution < 1.29 is 13.2 Å². The molecule has 0 saturated carbocycles. The topological polar surface area (TPSA) is 66.5 Å². The summed E-state index contributed by atoms with van der Waals surface area (Å²) in [6, 6.07) is 15.0. The zero-order chi connectivity index (χ0) is 21.0. The highest BCUT2D eigenvalue weighted by atomic mass is 32.2. The first-order valence-electron chi connectivity index (χ1n) is 10.1. The van der Waals surface area contributed by atoms with E-state index in [1.165, 1.54) is 17.4 Å². The fraction of sp³-hybridized carbons (Fsp3) is 0.435. The normalized spacial score (nSPS) is 17.1. The van der Waals surface area contributed by atoms with Crippen molar-refractivity contribution in [3.63, 3.8) is 0 Å². The molecule has 1 aliphatic rings. The number of hydrogen-bond acceptors (Lipinski definition) is 4. The maximum absolute atomic E-state index is 12.7. The number of nitrogens with one attached hydrogen (secondary N) is 1. The Hall–Kier alpha value is -2.18. The van der Waals surface area contributed by atoms with Crippen molar-refractivity contribution in [2.24, 2.45) is 5.92 Å². The predicted octanol–water partition coefficient (Wildman–Crippen LogP) is 3.49. The van der Waals surface area contributed by atoms with Crippen molar-refractivity contribution in [2.75, 3.05) is 19.3 Å². The Labute approximate surface area is 174 Å². The second kappa shape index (κ2) is 9.09. The molecule has 0 radical (unpaired) electrons. The van der Waals surface area contributed by atoms with E-state index in [-0.39, 0.29) is 17.9 Å². The third-order valence-corrected chi connectivity index (χ3v) is 6.91. The molecule has 0 bridgehead atoms. The van der Waals surface area contributed by atoms with Gasteiger partial charge < -0.3 is 5.32 Å². The quantitative estimate of drug-likeness (QED) is 0.786. The summed E-state index contributed by atoms with van der Waals surface area (Å²) in [5.41, 5.74) is 3.56. The summed E-state index contributed by atoms with van der Waals surface area (Å²) in [5, 5.41) is 3.09. The number of sulfone groups is 1. The highest BCUT2D eigenvalue weighted by Gasteiger charge is 2.26. The van der Waals surface area contributed by atoms with Crippen LogP contribution in [-0.4, -0.2) is 38.6 Å². The molecule has 1 aliphatic heterocycles. The fourth-order valence-corrected chi connectivity index (χ4v) is 4.43. The van der Waals surface area contributed by atoms with Crippen LogP contribution < -0.4 is 5.32 Å². The molecule has 1 heterocycles. The number of hydrogen-bond donors (Lipinski definition) is 1. The average Bonchev–Trinajstić information content (AvgIpc) is 2.69. The molecule has 0 aliphatic carbocycles. The van der Waals surface area contributed by atoms with E-state index < -0.39 is 9.84 Å². The molecule has 6 heteroatoms. The van der Waals surface area contributed by atoms with Gasteiger partial charge >= 0.3 is 0 Å². The summed E-state index contributed by atoms with van der Waals surface area (Å²) in [5.74, 6) is 0.112. The van der Waals surface area contributed by atoms with E-state index in [4.69, 9.17) is 0 Å². The Morgan fingerprint density at radius 2 is 1.72 bits per heavy atom. The van der Waals surface area contributed by atoms with Crippen LogP contribution in [0.3, 0.4) is 0 Å². The summed E-state index contributed by atoms with van der Waals surface area (Å²) in [4.78, 5) is 15.4. The largest absolute Gasteiger partial charge is 0.349 e. The summed E-state index contributed by atoms with van der Waals surface area (Å²) in [6.45, 7) is 6.85. The molecule has 2 aromatic rings. The zero-order valence-corrected chi connectivity index (χ0v) is 18.2. The van der Waals surface area contributed by atoms with Gasteiger partial charge in [0.25, 0.3) is 0 Å². The minimum absolute atomic E-state index is 0.0286. The number of carbonyl (C=O) groups is 1. The number of benzene rings is 2. The van der Waals surface area contributed by atoms with Crippen LogP contribution in [-0.2, 0) is 21.2 Å². The molecule has 29 heavy (non-hydrogen) atoms. The molecule has 156 valence electrons. The van der Waals surface area contributed by atoms with Crippen LogP contribution in [0.1, 0.15) is 42.5 Å². The van der Waals surface area contributed by atoms with Crippen LogP contribution in [0, 0.1) is 12.8 Å². The van der Waals surface area contributed by atoms with E-state index in [0.29, 0.717) is 4.90 Å². The van der Waals surface area contributed by atoms with E-state index in [1.54, 1.807) is 24.3 Å². The maximum Gasteiger partial charge on any atom is 0.223 e. The van der Waals surface area contributed by atoms with E-state index in [0.717, 1.165) is 38.0 Å². The molecule has 1 N–H and O–H groups in total. The Morgan fingerprint density at radius 3 is 2.31 bits per heavy atom. The van der Waals surface area contributed by atoms with Crippen LogP contribution in [0.4, 0.5) is 0 Å². The van der Waals surface area contributed by atoms with Crippen molar-refractivity contribution in [1.82, 2.24) is 10.2 Å². The molecular weight excluding hydrogens is 384 g/mol. The van der Waals surface area contributed by atoms with Gasteiger partial charge in [-0.3, -0.25) is 9.69 Å². The van der Waals surface area contributed by atoms with Crippen molar-refractivity contribution in [3.8, 4) is 0 Å². The number of aryl methyl sites for hydroxylation is 1. The van der Waals surface area contributed by atoms with Crippen LogP contribution in [0.15, 0.2) is 53.4 Å². The van der Waals surface area contributed by atoms with Gasteiger partial charge in [0.2, 0.25) is 5.91 Å². The molecule has 5 nitrogen and oxygen atoms in total. The second-order valence-electron chi connectivity index (χ2n) is 8.05. The lowest BCUT2D eigenvalue weighted by Gasteiger charge is -2.32. The van der Waals surface area contributed by atoms with E-state index in [1.807, 2.05) is 6.92 Å². The van der Waals surface area contributed by atoms with Crippen LogP contribution in [0.25, 0.3) is 0 Å². The SMILES string of the molecule is Cc1ccccc1CN1CCC(C(=O)N[C@H](C)c2ccc(S(C)(=O)=O)cc2)CC1. The summed E-state index contributed by atoms with van der Waals surface area (Å²) in [7, 11) is -3.21. The van der Waals surface area contributed by atoms with E-state index in [2.05, 4.69) is 41.4 Å². The third-order valence-electron chi connectivity index (χ3n) is 5.78. The minimum atomic E-state index is -3.21. The van der Waals surface area contributed by atoms with Gasteiger partial charge in [0.05, 0.1) is 10.9 Å². The lowest BCUT2D eigenvalue weighted by molar-refractivity contribution is -0.127. The molecule has 3 rings (SSSR count). The van der Waals surface area contributed by atoms with Gasteiger partial charge in [0.15, 0.2) is 9.84 Å². The van der Waals surface area contributed by atoms with Gasteiger partial charge in [-0.1, -0.05) is 36.4 Å². The lowest BCUT2D eigenvalue weighted by Crippen LogP contribution is -2.41. The number of rotatable bonds is 6. The number of nitrogens with zero attached hydrogens (tertiary/aromatic N) is 1. The van der Waals surface area contributed by atoms with Crippen LogP contribution in [0.2, 0.25) is 0 Å². The van der Waals surface area contributed by atoms with Gasteiger partial charge in [-0.15, -0.1) is 0 Å². The summed E-state index contributed by atoms with van der Waals surface area (Å²) >= 11 is 0. The molecule has 1 fully saturated rings. The third kappa shape index (κ3) is 5.67. The van der Waals surface area contributed by atoms with Crippen molar-refractivity contribution in [1.29, 1.82) is 0 Å². The number of likely N-dealkylation sites (tertiary alicyclic amines) is 1. The van der Waals surface area contributed by atoms with Crippen molar-refractivity contribution >= 4 is 15.7 Å². The highest BCUT2D eigenvalue weighted by molar-refractivity contribution is 7.90. The van der Waals surface area contributed by atoms with Crippen molar-refractivity contribution in [2.45, 2.75) is 44.2 Å². The molecule has 1 saturated heterocycles. The maximum atomic E-state index is 12.7. The molecule has 1 amide bonds. The monoisotopic (exact) mass is 414 g/mol. The Balaban J connectivity index is 1.51. The fourth-order valence-electron chi connectivity index (χ4n) is 3.80. The first-order chi connectivity index (χ1) is 13.7. The molecule has 0 aromatic heterocycles. The Bertz CT molecular complexity index is 946.